The van der Waals surface area contributed by atoms with Gasteiger partial charge in [-0.1, -0.05) is 34.6 Å². The van der Waals surface area contributed by atoms with E-state index in [1.165, 1.54) is 19.8 Å². The van der Waals surface area contributed by atoms with Gasteiger partial charge in [0.2, 0.25) is 0 Å². The average Bonchev–Trinajstić information content (AvgIpc) is 3.52. The summed E-state index contributed by atoms with van der Waals surface area (Å²) in [5.74, 6) is 0.958. The number of nitrogens with zero attached hydrogens (tertiary/aromatic N) is 1. The lowest BCUT2D eigenvalue weighted by Gasteiger charge is -2.63. The van der Waals surface area contributed by atoms with Crippen LogP contribution in [0.2, 0.25) is 0 Å². The molecular formula is C36H57NO7. The maximum absolute atomic E-state index is 12.8. The number of rotatable bonds is 4. The van der Waals surface area contributed by atoms with Crippen LogP contribution >= 0.6 is 0 Å². The van der Waals surface area contributed by atoms with Crippen LogP contribution in [-0.4, -0.2) is 76.4 Å². The Morgan fingerprint density at radius 3 is 2.27 bits per heavy atom. The van der Waals surface area contributed by atoms with Crippen LogP contribution in [0, 0.1) is 50.7 Å². The second kappa shape index (κ2) is 9.59. The van der Waals surface area contributed by atoms with E-state index >= 15 is 0 Å². The molecular weight excluding hydrogens is 558 g/mol. The smallest absolute Gasteiger partial charge is 0.410 e. The van der Waals surface area contributed by atoms with Crippen LogP contribution in [0.3, 0.4) is 0 Å². The van der Waals surface area contributed by atoms with Crippen LogP contribution in [0.5, 0.6) is 0 Å². The van der Waals surface area contributed by atoms with Crippen molar-refractivity contribution < 1.29 is 34.0 Å². The van der Waals surface area contributed by atoms with Crippen molar-refractivity contribution in [1.29, 1.82) is 0 Å². The summed E-state index contributed by atoms with van der Waals surface area (Å²) >= 11 is 0. The van der Waals surface area contributed by atoms with Gasteiger partial charge in [-0.3, -0.25) is 4.79 Å². The molecule has 0 aromatic rings. The third-order valence-electron chi connectivity index (χ3n) is 15.4. The van der Waals surface area contributed by atoms with Gasteiger partial charge >= 0.3 is 12.1 Å². The Morgan fingerprint density at radius 1 is 1.00 bits per heavy atom. The van der Waals surface area contributed by atoms with E-state index in [2.05, 4.69) is 34.6 Å². The van der Waals surface area contributed by atoms with Crippen molar-refractivity contribution in [3.05, 3.63) is 0 Å². The predicted octanol–water partition coefficient (Wildman–Crippen LogP) is 5.71. The fourth-order valence-electron chi connectivity index (χ4n) is 13.3. The van der Waals surface area contributed by atoms with Gasteiger partial charge in [-0.25, -0.2) is 4.79 Å². The number of ether oxygens (including phenoxy) is 3. The number of esters is 1. The van der Waals surface area contributed by atoms with Crippen LogP contribution < -0.4 is 0 Å². The van der Waals surface area contributed by atoms with Gasteiger partial charge in [-0.2, -0.15) is 0 Å². The van der Waals surface area contributed by atoms with Crippen molar-refractivity contribution in [3.63, 3.8) is 0 Å². The zero-order valence-electron chi connectivity index (χ0n) is 28.4. The molecule has 0 unspecified atom stereocenters. The van der Waals surface area contributed by atoms with Gasteiger partial charge in [-0.15, -0.1) is 0 Å². The van der Waals surface area contributed by atoms with Crippen LogP contribution in [0.25, 0.3) is 0 Å². The first kappa shape index (κ1) is 31.2. The third kappa shape index (κ3) is 3.85. The predicted molar refractivity (Wildman–Crippen MR) is 164 cm³/mol. The van der Waals surface area contributed by atoms with E-state index in [0.717, 1.165) is 51.6 Å². The molecule has 2 heterocycles. The molecule has 7 aliphatic rings. The molecule has 2 aliphatic heterocycles. The van der Waals surface area contributed by atoms with Crippen LogP contribution in [0.4, 0.5) is 4.79 Å². The summed E-state index contributed by atoms with van der Waals surface area (Å²) in [6.45, 7) is 18.1. The molecule has 0 bridgehead atoms. The molecule has 2 spiro atoms. The van der Waals surface area contributed by atoms with Crippen molar-refractivity contribution in [2.24, 2.45) is 50.7 Å². The van der Waals surface area contributed by atoms with E-state index in [-0.39, 0.29) is 57.2 Å². The van der Waals surface area contributed by atoms with E-state index in [9.17, 15) is 19.8 Å². The molecule has 7 fully saturated rings. The lowest BCUT2D eigenvalue weighted by molar-refractivity contribution is -0.216. The summed E-state index contributed by atoms with van der Waals surface area (Å²) in [5, 5.41) is 23.5. The molecule has 0 aromatic carbocycles. The van der Waals surface area contributed by atoms with E-state index in [4.69, 9.17) is 14.2 Å². The Bertz CT molecular complexity index is 1210. The Kier molecular flexibility index (Phi) is 6.81. The number of hydrogen-bond donors (Lipinski definition) is 2. The fourth-order valence-corrected chi connectivity index (χ4v) is 13.3. The number of carbonyl (C=O) groups excluding carboxylic acids is 2. The van der Waals surface area contributed by atoms with Gasteiger partial charge in [0.15, 0.2) is 6.10 Å². The van der Waals surface area contributed by atoms with Crippen molar-refractivity contribution in [1.82, 2.24) is 4.90 Å². The van der Waals surface area contributed by atoms with Gasteiger partial charge in [-0.05, 0) is 112 Å². The molecule has 1 amide bonds. The fraction of sp³-hybridized carbons (Fsp3) is 0.944. The quantitative estimate of drug-likeness (QED) is 0.390. The summed E-state index contributed by atoms with van der Waals surface area (Å²) < 4.78 is 18.7. The largest absolute Gasteiger partial charge is 0.457 e. The Balaban J connectivity index is 1.16. The SMILES string of the molecule is CC(=O)O[C@@H]([C@H]1C[C@@H](C)[C@H]2[C@H](O1)[C@H](O)[C@@]1(C)[C@@H]3CC[C@H]4C(C)(C)[C@@H](OC(=O)N5CCC5)CC[C@@]45C[C@@]35CC[C@]21C)C(C)(C)O. The van der Waals surface area contributed by atoms with Gasteiger partial charge in [0, 0.05) is 30.8 Å². The van der Waals surface area contributed by atoms with E-state index < -0.39 is 29.9 Å². The zero-order valence-corrected chi connectivity index (χ0v) is 28.4. The number of fused-ring (bicyclic) bond motifs is 4. The van der Waals surface area contributed by atoms with Crippen molar-refractivity contribution in [3.8, 4) is 0 Å². The maximum Gasteiger partial charge on any atom is 0.410 e. The highest BCUT2D eigenvalue weighted by Crippen LogP contribution is 2.89. The molecule has 5 aliphatic carbocycles. The minimum Gasteiger partial charge on any atom is -0.457 e. The lowest BCUT2D eigenvalue weighted by Crippen LogP contribution is -2.60. The van der Waals surface area contributed by atoms with Crippen molar-refractivity contribution >= 4 is 12.1 Å². The minimum atomic E-state index is -1.26. The third-order valence-corrected chi connectivity index (χ3v) is 15.4. The lowest BCUT2D eigenvalue weighted by atomic mass is 9.41. The number of likely N-dealkylation sites (tertiary alicyclic amines) is 1. The Hall–Kier alpha value is -1.38. The summed E-state index contributed by atoms with van der Waals surface area (Å²) in [7, 11) is 0. The highest BCUT2D eigenvalue weighted by atomic mass is 16.6. The first-order valence-electron chi connectivity index (χ1n) is 17.6. The monoisotopic (exact) mass is 615 g/mol. The molecule has 0 radical (unpaired) electrons. The van der Waals surface area contributed by atoms with Crippen LogP contribution in [0.15, 0.2) is 0 Å². The number of amides is 1. The zero-order chi connectivity index (χ0) is 31.8. The van der Waals surface area contributed by atoms with Gasteiger partial charge in [0.1, 0.15) is 6.10 Å². The summed E-state index contributed by atoms with van der Waals surface area (Å²) in [6.07, 6.45) is 7.08. The van der Waals surface area contributed by atoms with E-state index in [1.807, 2.05) is 4.90 Å². The van der Waals surface area contributed by atoms with Crippen molar-refractivity contribution in [2.75, 3.05) is 13.1 Å². The number of aliphatic hydroxyl groups excluding tert-OH is 1. The first-order valence-corrected chi connectivity index (χ1v) is 17.6. The van der Waals surface area contributed by atoms with Gasteiger partial charge in [0.25, 0.3) is 0 Å². The number of hydrogen-bond acceptors (Lipinski definition) is 7. The maximum atomic E-state index is 12.8. The molecule has 7 rings (SSSR count). The molecule has 13 atom stereocenters. The summed E-state index contributed by atoms with van der Waals surface area (Å²) in [4.78, 5) is 26.7. The highest BCUT2D eigenvalue weighted by molar-refractivity contribution is 5.68. The standard InChI is InChI=1S/C36H57NO7/c1-20-18-22(29(32(5,6)41)42-21(2)38)43-27-26(20)33(7)14-15-36-19-35(36)13-12-25(44-30(40)37-16-9-17-37)31(3,4)23(35)10-11-24(36)34(33,8)28(27)39/h20,22-29,39,41H,9-19H2,1-8H3/t20-,22-,23+,24+,25+,26+,27+,28+,29+,33-,34-,35-,36+/m1/s1. The molecule has 5 saturated carbocycles. The van der Waals surface area contributed by atoms with Crippen LogP contribution in [-0.2, 0) is 19.0 Å². The van der Waals surface area contributed by atoms with Gasteiger partial charge in [0.05, 0.1) is 23.9 Å². The van der Waals surface area contributed by atoms with E-state index in [1.54, 1.807) is 13.8 Å². The topological polar surface area (TPSA) is 106 Å². The molecule has 8 heteroatoms. The Morgan fingerprint density at radius 2 is 1.66 bits per heavy atom. The van der Waals surface area contributed by atoms with Crippen LogP contribution in [0.1, 0.15) is 113 Å². The highest BCUT2D eigenvalue weighted by Gasteiger charge is 2.84. The summed E-state index contributed by atoms with van der Waals surface area (Å²) in [5.41, 5.74) is -1.23. The molecule has 248 valence electrons. The first-order chi connectivity index (χ1) is 20.4. The molecule has 0 aromatic heterocycles. The molecule has 8 nitrogen and oxygen atoms in total. The second-order valence-electron chi connectivity index (χ2n) is 18.0. The Labute approximate surface area is 263 Å². The number of aliphatic hydroxyl groups is 2. The normalized spacial score (nSPS) is 50.9. The molecule has 2 N–H and O–H groups in total. The molecule has 44 heavy (non-hydrogen) atoms. The van der Waals surface area contributed by atoms with Crippen molar-refractivity contribution in [2.45, 2.75) is 149 Å². The van der Waals surface area contributed by atoms with Gasteiger partial charge < -0.3 is 29.3 Å². The minimum absolute atomic E-state index is 0.0445. The number of carbonyl (C=O) groups is 2. The van der Waals surface area contributed by atoms with E-state index in [0.29, 0.717) is 18.3 Å². The second-order valence-corrected chi connectivity index (χ2v) is 18.0. The molecule has 2 saturated heterocycles. The average molecular weight is 616 g/mol. The summed E-state index contributed by atoms with van der Waals surface area (Å²) in [6, 6.07) is 0.